The normalized spacial score (nSPS) is 11.5. The first-order chi connectivity index (χ1) is 11.6. The average molecular weight is 312 g/mol. The molecule has 0 aliphatic rings. The van der Waals surface area contributed by atoms with E-state index in [1.807, 2.05) is 0 Å². The van der Waals surface area contributed by atoms with Gasteiger partial charge < -0.3 is 0 Å². The maximum absolute atomic E-state index is 11.8. The Balaban J connectivity index is 2.28. The lowest BCUT2D eigenvalue weighted by atomic mass is 9.87. The minimum atomic E-state index is 0.203. The van der Waals surface area contributed by atoms with E-state index in [2.05, 4.69) is 68.4 Å². The van der Waals surface area contributed by atoms with Crippen molar-refractivity contribution < 1.29 is 4.79 Å². The van der Waals surface area contributed by atoms with Crippen molar-refractivity contribution >= 4 is 38.1 Å². The highest BCUT2D eigenvalue weighted by Gasteiger charge is 2.14. The van der Waals surface area contributed by atoms with Gasteiger partial charge in [-0.25, -0.2) is 0 Å². The predicted molar refractivity (Wildman–Crippen MR) is 103 cm³/mol. The van der Waals surface area contributed by atoms with Gasteiger partial charge in [-0.05, 0) is 75.8 Å². The molecule has 0 saturated heterocycles. The van der Waals surface area contributed by atoms with Gasteiger partial charge in [-0.1, -0.05) is 48.5 Å². The van der Waals surface area contributed by atoms with Crippen molar-refractivity contribution in [1.82, 2.24) is 0 Å². The molecular formula is C23H20O. The van der Waals surface area contributed by atoms with Crippen molar-refractivity contribution in [3.63, 3.8) is 0 Å². The molecule has 0 N–H and O–H groups in total. The van der Waals surface area contributed by atoms with Crippen LogP contribution in [-0.2, 0) is 11.2 Å². The molecule has 0 bridgehead atoms. The average Bonchev–Trinajstić information content (AvgIpc) is 2.59. The SMILES string of the molecule is CC(=O)Cc1cc2c(C)c3ccccc3c(C)c2c2ccccc12. The first kappa shape index (κ1) is 14.9. The molecule has 4 aromatic carbocycles. The second-order valence-corrected chi connectivity index (χ2v) is 6.68. The molecule has 0 aliphatic heterocycles. The summed E-state index contributed by atoms with van der Waals surface area (Å²) in [7, 11) is 0. The lowest BCUT2D eigenvalue weighted by Crippen LogP contribution is -1.99. The molecule has 4 rings (SSSR count). The summed E-state index contributed by atoms with van der Waals surface area (Å²) in [5.74, 6) is 0.203. The third kappa shape index (κ3) is 2.12. The number of ketones is 1. The van der Waals surface area contributed by atoms with Crippen molar-refractivity contribution in [2.45, 2.75) is 27.2 Å². The smallest absolute Gasteiger partial charge is 0.134 e. The van der Waals surface area contributed by atoms with Gasteiger partial charge in [-0.3, -0.25) is 4.79 Å². The number of benzene rings is 4. The Bertz CT molecular complexity index is 1120. The fourth-order valence-electron chi connectivity index (χ4n) is 3.98. The van der Waals surface area contributed by atoms with Crippen LogP contribution in [0.1, 0.15) is 23.6 Å². The molecule has 0 atom stereocenters. The predicted octanol–water partition coefficient (Wildman–Crippen LogP) is 5.89. The van der Waals surface area contributed by atoms with Gasteiger partial charge in [0.1, 0.15) is 5.78 Å². The van der Waals surface area contributed by atoms with Crippen molar-refractivity contribution in [2.24, 2.45) is 0 Å². The number of carbonyl (C=O) groups is 1. The summed E-state index contributed by atoms with van der Waals surface area (Å²) in [4.78, 5) is 11.8. The largest absolute Gasteiger partial charge is 0.300 e. The number of fused-ring (bicyclic) bond motifs is 4. The van der Waals surface area contributed by atoms with Gasteiger partial charge in [-0.2, -0.15) is 0 Å². The van der Waals surface area contributed by atoms with Crippen LogP contribution in [0.5, 0.6) is 0 Å². The van der Waals surface area contributed by atoms with Gasteiger partial charge in [0.25, 0.3) is 0 Å². The molecule has 0 saturated carbocycles. The first-order valence-corrected chi connectivity index (χ1v) is 8.39. The Morgan fingerprint density at radius 1 is 0.750 bits per heavy atom. The number of hydrogen-bond acceptors (Lipinski definition) is 1. The zero-order valence-electron chi connectivity index (χ0n) is 14.3. The molecule has 0 fully saturated rings. The monoisotopic (exact) mass is 312 g/mol. The van der Waals surface area contributed by atoms with E-state index in [0.717, 1.165) is 5.56 Å². The Morgan fingerprint density at radius 3 is 1.92 bits per heavy atom. The standard InChI is InChI=1S/C23H20O/c1-14(24)12-17-13-22-15(2)18-8-4-5-9-19(18)16(3)23(22)21-11-7-6-10-20(17)21/h4-11,13H,12H2,1-3H3. The van der Waals surface area contributed by atoms with Crippen molar-refractivity contribution in [3.8, 4) is 0 Å². The van der Waals surface area contributed by atoms with E-state index in [9.17, 15) is 4.79 Å². The van der Waals surface area contributed by atoms with Crippen molar-refractivity contribution in [1.29, 1.82) is 0 Å². The second-order valence-electron chi connectivity index (χ2n) is 6.68. The Kier molecular flexibility index (Phi) is 3.38. The minimum Gasteiger partial charge on any atom is -0.300 e. The lowest BCUT2D eigenvalue weighted by Gasteiger charge is -2.16. The van der Waals surface area contributed by atoms with E-state index >= 15 is 0 Å². The Labute approximate surface area is 141 Å². The van der Waals surface area contributed by atoms with E-state index in [0.29, 0.717) is 6.42 Å². The molecule has 1 nitrogen and oxygen atoms in total. The van der Waals surface area contributed by atoms with Crippen LogP contribution in [0, 0.1) is 13.8 Å². The zero-order chi connectivity index (χ0) is 16.8. The lowest BCUT2D eigenvalue weighted by molar-refractivity contribution is -0.116. The molecule has 0 radical (unpaired) electrons. The summed E-state index contributed by atoms with van der Waals surface area (Å²) in [6.45, 7) is 6.06. The molecule has 0 amide bonds. The fourth-order valence-corrected chi connectivity index (χ4v) is 3.98. The van der Waals surface area contributed by atoms with Gasteiger partial charge >= 0.3 is 0 Å². The van der Waals surface area contributed by atoms with Crippen LogP contribution in [0.25, 0.3) is 32.3 Å². The number of Topliss-reactive ketones (excluding diaryl/α,β-unsaturated/α-hetero) is 1. The molecule has 118 valence electrons. The maximum Gasteiger partial charge on any atom is 0.134 e. The number of carbonyl (C=O) groups excluding carboxylic acids is 1. The molecule has 24 heavy (non-hydrogen) atoms. The molecule has 0 heterocycles. The van der Waals surface area contributed by atoms with Gasteiger partial charge in [0.15, 0.2) is 0 Å². The summed E-state index contributed by atoms with van der Waals surface area (Å²) < 4.78 is 0. The van der Waals surface area contributed by atoms with Crippen LogP contribution >= 0.6 is 0 Å². The van der Waals surface area contributed by atoms with Crippen LogP contribution in [0.3, 0.4) is 0 Å². The highest BCUT2D eigenvalue weighted by molar-refractivity contribution is 6.17. The number of hydrogen-bond donors (Lipinski definition) is 0. The quantitative estimate of drug-likeness (QED) is 0.333. The van der Waals surface area contributed by atoms with Gasteiger partial charge in [0, 0.05) is 6.42 Å². The summed E-state index contributed by atoms with van der Waals surface area (Å²) in [5, 5.41) is 7.63. The van der Waals surface area contributed by atoms with Crippen LogP contribution in [0.4, 0.5) is 0 Å². The summed E-state index contributed by atoms with van der Waals surface area (Å²) in [5.41, 5.74) is 3.74. The van der Waals surface area contributed by atoms with E-state index in [-0.39, 0.29) is 5.78 Å². The highest BCUT2D eigenvalue weighted by Crippen LogP contribution is 2.38. The minimum absolute atomic E-state index is 0.203. The summed E-state index contributed by atoms with van der Waals surface area (Å²) in [6, 6.07) is 19.3. The van der Waals surface area contributed by atoms with E-state index < -0.39 is 0 Å². The molecule has 4 aromatic rings. The molecular weight excluding hydrogens is 292 g/mol. The number of rotatable bonds is 2. The first-order valence-electron chi connectivity index (χ1n) is 8.39. The van der Waals surface area contributed by atoms with Gasteiger partial charge in [0.05, 0.1) is 0 Å². The molecule has 0 spiro atoms. The van der Waals surface area contributed by atoms with Crippen LogP contribution in [0.2, 0.25) is 0 Å². The molecule has 0 unspecified atom stereocenters. The van der Waals surface area contributed by atoms with Crippen molar-refractivity contribution in [3.05, 3.63) is 71.3 Å². The van der Waals surface area contributed by atoms with Crippen LogP contribution in [-0.4, -0.2) is 5.78 Å². The Morgan fingerprint density at radius 2 is 1.29 bits per heavy atom. The van der Waals surface area contributed by atoms with E-state index in [4.69, 9.17) is 0 Å². The van der Waals surface area contributed by atoms with Crippen LogP contribution < -0.4 is 0 Å². The topological polar surface area (TPSA) is 17.1 Å². The Hall–Kier alpha value is -2.67. The highest BCUT2D eigenvalue weighted by atomic mass is 16.1. The van der Waals surface area contributed by atoms with E-state index in [1.165, 1.54) is 43.4 Å². The molecule has 0 aliphatic carbocycles. The molecule has 0 aromatic heterocycles. The third-order valence-electron chi connectivity index (χ3n) is 5.08. The fraction of sp³-hybridized carbons (Fsp3) is 0.174. The maximum atomic E-state index is 11.8. The summed E-state index contributed by atoms with van der Waals surface area (Å²) in [6.07, 6.45) is 0.488. The third-order valence-corrected chi connectivity index (χ3v) is 5.08. The van der Waals surface area contributed by atoms with E-state index in [1.54, 1.807) is 6.92 Å². The summed E-state index contributed by atoms with van der Waals surface area (Å²) >= 11 is 0. The zero-order valence-corrected chi connectivity index (χ0v) is 14.3. The van der Waals surface area contributed by atoms with Crippen LogP contribution in [0.15, 0.2) is 54.6 Å². The van der Waals surface area contributed by atoms with Gasteiger partial charge in [0.2, 0.25) is 0 Å². The molecule has 1 heteroatoms. The second kappa shape index (κ2) is 5.45. The van der Waals surface area contributed by atoms with Crippen molar-refractivity contribution in [2.75, 3.05) is 0 Å². The van der Waals surface area contributed by atoms with Gasteiger partial charge in [-0.15, -0.1) is 0 Å². The number of aryl methyl sites for hydroxylation is 2.